The van der Waals surface area contributed by atoms with Crippen LogP contribution in [0.2, 0.25) is 0 Å². The van der Waals surface area contributed by atoms with Crippen LogP contribution in [0.25, 0.3) is 0 Å². The van der Waals surface area contributed by atoms with E-state index in [1.165, 1.54) is 6.92 Å². The third-order valence-electron chi connectivity index (χ3n) is 3.10. The highest BCUT2D eigenvalue weighted by Crippen LogP contribution is 2.20. The Bertz CT molecular complexity index is 553. The topological polar surface area (TPSA) is 61.4 Å². The molecule has 5 nitrogen and oxygen atoms in total. The standard InChI is InChI=1S/C15H20F3N3O2.ClH/c1-3-21(14(23)15(16,17)18)10-11-5-4-6-12(9-11)20-13(22)7-8-19-2;/h4-6,9,19H,3,7-8,10H2,1-2H3,(H,20,22);1H. The summed E-state index contributed by atoms with van der Waals surface area (Å²) in [6, 6.07) is 6.43. The normalized spacial score (nSPS) is 10.7. The van der Waals surface area contributed by atoms with E-state index in [-0.39, 0.29) is 37.8 Å². The smallest absolute Gasteiger partial charge is 0.331 e. The lowest BCUT2D eigenvalue weighted by molar-refractivity contribution is -0.185. The van der Waals surface area contributed by atoms with Crippen LogP contribution in [0.15, 0.2) is 24.3 Å². The fraction of sp³-hybridized carbons (Fsp3) is 0.467. The summed E-state index contributed by atoms with van der Waals surface area (Å²) in [7, 11) is 1.73. The highest BCUT2D eigenvalue weighted by Gasteiger charge is 2.41. The van der Waals surface area contributed by atoms with Gasteiger partial charge in [0.05, 0.1) is 0 Å². The molecule has 1 rings (SSSR count). The molecule has 0 aliphatic carbocycles. The second kappa shape index (κ2) is 10.1. The van der Waals surface area contributed by atoms with Crippen molar-refractivity contribution in [3.8, 4) is 0 Å². The predicted octanol–water partition coefficient (Wildman–Crippen LogP) is 2.57. The van der Waals surface area contributed by atoms with Crippen molar-refractivity contribution in [1.82, 2.24) is 10.2 Å². The van der Waals surface area contributed by atoms with Crippen LogP contribution < -0.4 is 10.6 Å². The van der Waals surface area contributed by atoms with Gasteiger partial charge in [-0.15, -0.1) is 12.4 Å². The van der Waals surface area contributed by atoms with Crippen molar-refractivity contribution >= 4 is 29.9 Å². The molecule has 136 valence electrons. The van der Waals surface area contributed by atoms with Crippen molar-refractivity contribution in [2.24, 2.45) is 0 Å². The molecule has 2 N–H and O–H groups in total. The average molecular weight is 368 g/mol. The first-order chi connectivity index (χ1) is 10.8. The molecule has 0 radical (unpaired) electrons. The number of alkyl halides is 3. The maximum atomic E-state index is 12.5. The second-order valence-corrected chi connectivity index (χ2v) is 4.92. The number of halogens is 4. The van der Waals surface area contributed by atoms with Gasteiger partial charge in [-0.25, -0.2) is 0 Å². The lowest BCUT2D eigenvalue weighted by atomic mass is 10.2. The fourth-order valence-corrected chi connectivity index (χ4v) is 1.94. The van der Waals surface area contributed by atoms with E-state index in [0.29, 0.717) is 22.7 Å². The Labute approximate surface area is 145 Å². The fourth-order valence-electron chi connectivity index (χ4n) is 1.94. The van der Waals surface area contributed by atoms with Gasteiger partial charge in [0, 0.05) is 31.7 Å². The number of anilines is 1. The Morgan fingerprint density at radius 3 is 2.46 bits per heavy atom. The number of benzene rings is 1. The van der Waals surface area contributed by atoms with Gasteiger partial charge in [0.2, 0.25) is 5.91 Å². The number of rotatable bonds is 7. The lowest BCUT2D eigenvalue weighted by Gasteiger charge is -2.22. The van der Waals surface area contributed by atoms with E-state index in [0.717, 1.165) is 0 Å². The summed E-state index contributed by atoms with van der Waals surface area (Å²) < 4.78 is 37.5. The molecule has 0 unspecified atom stereocenters. The third kappa shape index (κ3) is 7.18. The van der Waals surface area contributed by atoms with Crippen molar-refractivity contribution < 1.29 is 22.8 Å². The molecule has 0 spiro atoms. The largest absolute Gasteiger partial charge is 0.471 e. The summed E-state index contributed by atoms with van der Waals surface area (Å²) in [5, 5.41) is 5.51. The molecule has 1 aromatic rings. The lowest BCUT2D eigenvalue weighted by Crippen LogP contribution is -2.40. The summed E-state index contributed by atoms with van der Waals surface area (Å²) in [5.74, 6) is -2.07. The van der Waals surface area contributed by atoms with Gasteiger partial charge in [0.15, 0.2) is 0 Å². The van der Waals surface area contributed by atoms with Crippen LogP contribution in [-0.2, 0) is 16.1 Å². The van der Waals surface area contributed by atoms with Gasteiger partial charge in [-0.2, -0.15) is 13.2 Å². The maximum Gasteiger partial charge on any atom is 0.471 e. The molecule has 1 aromatic carbocycles. The molecule has 2 amide bonds. The van der Waals surface area contributed by atoms with Crippen LogP contribution in [0.5, 0.6) is 0 Å². The number of carbonyl (C=O) groups excluding carboxylic acids is 2. The molecule has 0 bridgehead atoms. The Kier molecular flexibility index (Phi) is 9.38. The van der Waals surface area contributed by atoms with Gasteiger partial charge >= 0.3 is 12.1 Å². The van der Waals surface area contributed by atoms with Gasteiger partial charge in [0.1, 0.15) is 0 Å². The molecule has 0 heterocycles. The van der Waals surface area contributed by atoms with Crippen molar-refractivity contribution in [2.75, 3.05) is 25.5 Å². The molecule has 9 heteroatoms. The molecular weight excluding hydrogens is 347 g/mol. The van der Waals surface area contributed by atoms with Crippen LogP contribution in [0.3, 0.4) is 0 Å². The quantitative estimate of drug-likeness (QED) is 0.778. The summed E-state index contributed by atoms with van der Waals surface area (Å²) in [5.41, 5.74) is 0.995. The monoisotopic (exact) mass is 367 g/mol. The van der Waals surface area contributed by atoms with Gasteiger partial charge in [-0.3, -0.25) is 9.59 Å². The number of hydrogen-bond donors (Lipinski definition) is 2. The van der Waals surface area contributed by atoms with E-state index in [1.54, 1.807) is 31.3 Å². The van der Waals surface area contributed by atoms with Crippen molar-refractivity contribution in [2.45, 2.75) is 26.1 Å². The molecule has 0 fully saturated rings. The minimum Gasteiger partial charge on any atom is -0.331 e. The van der Waals surface area contributed by atoms with E-state index in [4.69, 9.17) is 0 Å². The second-order valence-electron chi connectivity index (χ2n) is 4.92. The Morgan fingerprint density at radius 2 is 1.92 bits per heavy atom. The van der Waals surface area contributed by atoms with Crippen LogP contribution in [0, 0.1) is 0 Å². The van der Waals surface area contributed by atoms with E-state index >= 15 is 0 Å². The summed E-state index contributed by atoms with van der Waals surface area (Å²) in [4.78, 5) is 23.7. The number of nitrogens with zero attached hydrogens (tertiary/aromatic N) is 1. The molecule has 0 saturated heterocycles. The SMILES string of the molecule is CCN(Cc1cccc(NC(=O)CCNC)c1)C(=O)C(F)(F)F.Cl. The predicted molar refractivity (Wildman–Crippen MR) is 88.0 cm³/mol. The molecule has 0 saturated carbocycles. The number of carbonyl (C=O) groups is 2. The summed E-state index contributed by atoms with van der Waals surface area (Å²) in [6.45, 7) is 1.77. The summed E-state index contributed by atoms with van der Waals surface area (Å²) in [6.07, 6.45) is -4.61. The van der Waals surface area contributed by atoms with Gasteiger partial charge < -0.3 is 15.5 Å². The molecule has 0 aromatic heterocycles. The molecule has 0 atom stereocenters. The zero-order valence-corrected chi connectivity index (χ0v) is 14.3. The number of amides is 2. The Balaban J connectivity index is 0.00000529. The highest BCUT2D eigenvalue weighted by molar-refractivity contribution is 5.90. The van der Waals surface area contributed by atoms with Crippen LogP contribution >= 0.6 is 12.4 Å². The minimum absolute atomic E-state index is 0. The van der Waals surface area contributed by atoms with Gasteiger partial charge in [0.25, 0.3) is 0 Å². The average Bonchev–Trinajstić information content (AvgIpc) is 2.49. The van der Waals surface area contributed by atoms with Crippen molar-refractivity contribution in [3.05, 3.63) is 29.8 Å². The maximum absolute atomic E-state index is 12.5. The van der Waals surface area contributed by atoms with Gasteiger partial charge in [-0.1, -0.05) is 12.1 Å². The van der Waals surface area contributed by atoms with E-state index in [2.05, 4.69) is 10.6 Å². The molecule has 0 aliphatic heterocycles. The number of hydrogen-bond acceptors (Lipinski definition) is 3. The van der Waals surface area contributed by atoms with Crippen molar-refractivity contribution in [3.63, 3.8) is 0 Å². The zero-order valence-electron chi connectivity index (χ0n) is 13.4. The van der Waals surface area contributed by atoms with Crippen LogP contribution in [0.4, 0.5) is 18.9 Å². The minimum atomic E-state index is -4.89. The molecule has 0 aliphatic rings. The first-order valence-corrected chi connectivity index (χ1v) is 7.17. The molecule has 24 heavy (non-hydrogen) atoms. The van der Waals surface area contributed by atoms with Crippen LogP contribution in [-0.4, -0.2) is 43.0 Å². The third-order valence-corrected chi connectivity index (χ3v) is 3.10. The highest BCUT2D eigenvalue weighted by atomic mass is 35.5. The van der Waals surface area contributed by atoms with E-state index < -0.39 is 12.1 Å². The summed E-state index contributed by atoms with van der Waals surface area (Å²) >= 11 is 0. The Hall–Kier alpha value is -1.80. The van der Waals surface area contributed by atoms with E-state index in [9.17, 15) is 22.8 Å². The first-order valence-electron chi connectivity index (χ1n) is 7.17. The Morgan fingerprint density at radius 1 is 1.25 bits per heavy atom. The molecular formula is C15H21ClF3N3O2. The number of nitrogens with one attached hydrogen (secondary N) is 2. The first kappa shape index (κ1) is 22.2. The van der Waals surface area contributed by atoms with Crippen molar-refractivity contribution in [1.29, 1.82) is 0 Å². The zero-order chi connectivity index (χ0) is 17.5. The van der Waals surface area contributed by atoms with E-state index in [1.807, 2.05) is 0 Å². The van der Waals surface area contributed by atoms with Gasteiger partial charge in [-0.05, 0) is 31.7 Å². The van der Waals surface area contributed by atoms with Crippen LogP contribution in [0.1, 0.15) is 18.9 Å².